The summed E-state index contributed by atoms with van der Waals surface area (Å²) in [6.07, 6.45) is 0. The van der Waals surface area contributed by atoms with Crippen molar-refractivity contribution in [2.24, 2.45) is 0 Å². The zero-order valence-corrected chi connectivity index (χ0v) is 41.9. The van der Waals surface area contributed by atoms with Crippen LogP contribution in [0.5, 0.6) is 0 Å². The number of benzene rings is 12. The lowest BCUT2D eigenvalue weighted by Gasteiger charge is -2.11. The molecule has 0 saturated carbocycles. The Hall–Kier alpha value is -10.6. The molecule has 18 aromatic rings. The van der Waals surface area contributed by atoms with Crippen molar-refractivity contribution in [2.75, 3.05) is 0 Å². The summed E-state index contributed by atoms with van der Waals surface area (Å²) in [6.45, 7) is 0. The van der Waals surface area contributed by atoms with E-state index in [-0.39, 0.29) is 0 Å². The molecular weight excluding hydrogens is 953 g/mol. The molecule has 0 atom stereocenters. The van der Waals surface area contributed by atoms with Gasteiger partial charge in [-0.05, 0) is 108 Å². The second-order valence-electron chi connectivity index (χ2n) is 20.7. The number of rotatable bonds is 5. The van der Waals surface area contributed by atoms with Gasteiger partial charge in [-0.15, -0.1) is 0 Å². The Morgan fingerprint density at radius 3 is 0.859 bits per heavy atom. The summed E-state index contributed by atoms with van der Waals surface area (Å²) in [6, 6.07) is 92.2. The van der Waals surface area contributed by atoms with Crippen LogP contribution in [-0.4, -0.2) is 18.3 Å². The second-order valence-corrected chi connectivity index (χ2v) is 20.7. The van der Waals surface area contributed by atoms with Crippen molar-refractivity contribution in [3.63, 3.8) is 0 Å². The minimum atomic E-state index is 0.868. The largest absolute Gasteiger partial charge is 0.455 e. The van der Waals surface area contributed by atoms with Crippen LogP contribution in [0.3, 0.4) is 0 Å². The first-order valence-electron chi connectivity index (χ1n) is 26.7. The van der Waals surface area contributed by atoms with Crippen LogP contribution in [-0.2, 0) is 0 Å². The SMILES string of the molecule is c1ccc(-n2c3ccccc3c3c4oc5ccccc5c4c4c(c5cc(-c6ccc7c(c6)c6c8c(c9ccccc9n8-c8ccccc8)c8oc9ccccc9c8c6n7-c6ccccc6)ccc5n4-c4ccccc4)c32)cc1. The van der Waals surface area contributed by atoms with Crippen LogP contribution in [0, 0.1) is 0 Å². The van der Waals surface area contributed by atoms with E-state index in [9.17, 15) is 0 Å². The maximum absolute atomic E-state index is 7.12. The first kappa shape index (κ1) is 41.8. The van der Waals surface area contributed by atoms with Gasteiger partial charge in [0, 0.05) is 65.8 Å². The molecule has 0 radical (unpaired) electrons. The monoisotopic (exact) mass is 994 g/mol. The highest BCUT2D eigenvalue weighted by atomic mass is 16.3. The van der Waals surface area contributed by atoms with Gasteiger partial charge in [0.15, 0.2) is 0 Å². The van der Waals surface area contributed by atoms with Gasteiger partial charge in [-0.2, -0.15) is 0 Å². The predicted octanol–water partition coefficient (Wildman–Crippen LogP) is 19.5. The fourth-order valence-electron chi connectivity index (χ4n) is 13.6. The minimum Gasteiger partial charge on any atom is -0.455 e. The summed E-state index contributed by atoms with van der Waals surface area (Å²) in [4.78, 5) is 0. The Kier molecular flexibility index (Phi) is 8.30. The van der Waals surface area contributed by atoms with Crippen molar-refractivity contribution in [1.82, 2.24) is 18.3 Å². The molecule has 0 unspecified atom stereocenters. The third kappa shape index (κ3) is 5.44. The molecule has 362 valence electrons. The second kappa shape index (κ2) is 15.5. The van der Waals surface area contributed by atoms with Crippen molar-refractivity contribution < 1.29 is 8.83 Å². The molecule has 0 saturated heterocycles. The zero-order valence-electron chi connectivity index (χ0n) is 41.9. The number of aromatic nitrogens is 4. The van der Waals surface area contributed by atoms with E-state index in [1.165, 1.54) is 10.8 Å². The van der Waals surface area contributed by atoms with Crippen LogP contribution < -0.4 is 0 Å². The lowest BCUT2D eigenvalue weighted by molar-refractivity contribution is 0.672. The van der Waals surface area contributed by atoms with Gasteiger partial charge in [0.1, 0.15) is 22.3 Å². The van der Waals surface area contributed by atoms with Gasteiger partial charge in [-0.1, -0.05) is 158 Å². The predicted molar refractivity (Wildman–Crippen MR) is 324 cm³/mol. The summed E-state index contributed by atoms with van der Waals surface area (Å²) < 4.78 is 24.1. The number of fused-ring (bicyclic) bond motifs is 24. The number of hydrogen-bond acceptors (Lipinski definition) is 2. The molecular formula is C72H42N4O2. The van der Waals surface area contributed by atoms with Gasteiger partial charge in [-0.3, -0.25) is 0 Å². The van der Waals surface area contributed by atoms with Gasteiger partial charge in [-0.25, -0.2) is 0 Å². The molecule has 0 aliphatic heterocycles. The molecule has 6 nitrogen and oxygen atoms in total. The van der Waals surface area contributed by atoms with Crippen molar-refractivity contribution >= 4 is 131 Å². The van der Waals surface area contributed by atoms with Crippen LogP contribution in [0.15, 0.2) is 264 Å². The molecule has 0 aliphatic carbocycles. The topological polar surface area (TPSA) is 46.0 Å². The molecule has 0 spiro atoms. The average molecular weight is 995 g/mol. The van der Waals surface area contributed by atoms with Crippen molar-refractivity contribution in [1.29, 1.82) is 0 Å². The van der Waals surface area contributed by atoms with Gasteiger partial charge in [0.2, 0.25) is 0 Å². The number of hydrogen-bond donors (Lipinski definition) is 0. The molecule has 6 heterocycles. The van der Waals surface area contributed by atoms with Crippen molar-refractivity contribution in [3.8, 4) is 33.9 Å². The highest BCUT2D eigenvalue weighted by Gasteiger charge is 2.30. The van der Waals surface area contributed by atoms with E-state index in [0.29, 0.717) is 0 Å². The van der Waals surface area contributed by atoms with Crippen LogP contribution in [0.1, 0.15) is 0 Å². The molecule has 0 amide bonds. The molecule has 0 aliphatic rings. The number of nitrogens with zero attached hydrogens (tertiary/aromatic N) is 4. The quantitative estimate of drug-likeness (QED) is 0.172. The highest BCUT2D eigenvalue weighted by molar-refractivity contribution is 6.41. The molecule has 0 fully saturated rings. The third-order valence-corrected chi connectivity index (χ3v) is 16.7. The molecule has 18 rings (SSSR count). The summed E-state index contributed by atoms with van der Waals surface area (Å²) >= 11 is 0. The first-order valence-corrected chi connectivity index (χ1v) is 26.7. The van der Waals surface area contributed by atoms with Crippen LogP contribution in [0.25, 0.3) is 165 Å². The molecule has 12 aromatic carbocycles. The van der Waals surface area contributed by atoms with Crippen molar-refractivity contribution in [2.45, 2.75) is 0 Å². The first-order chi connectivity index (χ1) is 38.8. The zero-order chi connectivity index (χ0) is 50.7. The Balaban J connectivity index is 1.03. The van der Waals surface area contributed by atoms with Gasteiger partial charge < -0.3 is 27.1 Å². The lowest BCUT2D eigenvalue weighted by Crippen LogP contribution is -1.96. The standard InChI is InChI=1S/C72H42N4O2/c1-5-21-45(22-6-1)73-55-33-17-13-29-49(55)63-67(73)61-53-41-43(37-39-57(53)75(47-25-9-3-10-26-47)69(61)65-51-31-15-19-35-59(51)77-71(63)65)44-38-40-58-54(42-44)62-68-64(50-30-14-18-34-56(50)74(68)46-23-7-2-8-24-46)72-66(52-32-16-20-36-60(52)78-72)70(62)76(58)48-27-11-4-12-28-48/h1-42H. The Bertz CT molecular complexity index is 5150. The molecule has 78 heavy (non-hydrogen) atoms. The molecule has 0 bridgehead atoms. The fraction of sp³-hybridized carbons (Fsp3) is 0. The maximum Gasteiger partial charge on any atom is 0.147 e. The number of furan rings is 2. The molecule has 6 aromatic heterocycles. The lowest BCUT2D eigenvalue weighted by atomic mass is 9.98. The highest BCUT2D eigenvalue weighted by Crippen LogP contribution is 2.52. The van der Waals surface area contributed by atoms with Crippen molar-refractivity contribution in [3.05, 3.63) is 255 Å². The third-order valence-electron chi connectivity index (χ3n) is 16.7. The van der Waals surface area contributed by atoms with Crippen LogP contribution in [0.2, 0.25) is 0 Å². The Morgan fingerprint density at radius 1 is 0.218 bits per heavy atom. The average Bonchev–Trinajstić information content (AvgIpc) is 4.01. The van der Waals surface area contributed by atoms with E-state index >= 15 is 0 Å². The van der Waals surface area contributed by atoms with E-state index in [4.69, 9.17) is 8.83 Å². The molecule has 0 N–H and O–H groups in total. The Morgan fingerprint density at radius 2 is 0.500 bits per heavy atom. The van der Waals surface area contributed by atoms with Gasteiger partial charge >= 0.3 is 0 Å². The smallest absolute Gasteiger partial charge is 0.147 e. The van der Waals surface area contributed by atoms with Gasteiger partial charge in [0.25, 0.3) is 0 Å². The Labute approximate surface area is 444 Å². The van der Waals surface area contributed by atoms with E-state index in [0.717, 1.165) is 154 Å². The summed E-state index contributed by atoms with van der Waals surface area (Å²) in [7, 11) is 0. The summed E-state index contributed by atoms with van der Waals surface area (Å²) in [5, 5.41) is 13.6. The van der Waals surface area contributed by atoms with E-state index < -0.39 is 0 Å². The molecule has 6 heteroatoms. The van der Waals surface area contributed by atoms with Crippen LogP contribution in [0.4, 0.5) is 0 Å². The van der Waals surface area contributed by atoms with Gasteiger partial charge in [0.05, 0.1) is 65.7 Å². The number of para-hydroxylation sites is 8. The normalized spacial score (nSPS) is 12.4. The van der Waals surface area contributed by atoms with Crippen LogP contribution >= 0.6 is 0 Å². The summed E-state index contributed by atoms with van der Waals surface area (Å²) in [5.41, 5.74) is 19.1. The van der Waals surface area contributed by atoms with E-state index in [1.54, 1.807) is 0 Å². The summed E-state index contributed by atoms with van der Waals surface area (Å²) in [5.74, 6) is 0. The fourth-order valence-corrected chi connectivity index (χ4v) is 13.6. The van der Waals surface area contributed by atoms with E-state index in [1.807, 2.05) is 0 Å². The maximum atomic E-state index is 7.12. The van der Waals surface area contributed by atoms with E-state index in [2.05, 4.69) is 273 Å². The minimum absolute atomic E-state index is 0.868.